The third kappa shape index (κ3) is 1.31. The molecule has 0 spiro atoms. The van der Waals surface area contributed by atoms with Crippen LogP contribution in [0.1, 0.15) is 25.3 Å². The minimum atomic E-state index is 0.389. The quantitative estimate of drug-likeness (QED) is 0.615. The Morgan fingerprint density at radius 2 is 2.25 bits per heavy atom. The molecule has 1 unspecified atom stereocenters. The average Bonchev–Trinajstić information content (AvgIpc) is 2.17. The van der Waals surface area contributed by atoms with Crippen LogP contribution in [0.15, 0.2) is 24.3 Å². The van der Waals surface area contributed by atoms with E-state index in [1.54, 1.807) is 0 Å². The van der Waals surface area contributed by atoms with Gasteiger partial charge in [0.25, 0.3) is 0 Å². The number of hydrogen-bond acceptors (Lipinski definition) is 1. The predicted molar refractivity (Wildman–Crippen MR) is 49.2 cm³/mol. The number of rotatable bonds is 1. The van der Waals surface area contributed by atoms with Crippen molar-refractivity contribution in [2.24, 2.45) is 0 Å². The molecular formula is C11H13O. The van der Waals surface area contributed by atoms with Crippen molar-refractivity contribution < 1.29 is 4.74 Å². The molecule has 0 N–H and O–H groups in total. The summed E-state index contributed by atoms with van der Waals surface area (Å²) in [6.07, 6.45) is 4.78. The molecule has 0 saturated carbocycles. The Kier molecular flexibility index (Phi) is 2.03. The zero-order chi connectivity index (χ0) is 8.39. The highest BCUT2D eigenvalue weighted by Gasteiger charge is 2.16. The van der Waals surface area contributed by atoms with Gasteiger partial charge in [-0.1, -0.05) is 25.1 Å². The Morgan fingerprint density at radius 1 is 1.42 bits per heavy atom. The third-order valence-corrected chi connectivity index (χ3v) is 2.27. The minimum absolute atomic E-state index is 0.389. The molecular weight excluding hydrogens is 148 g/mol. The van der Waals surface area contributed by atoms with Crippen molar-refractivity contribution in [3.63, 3.8) is 0 Å². The van der Waals surface area contributed by atoms with Gasteiger partial charge in [-0.25, -0.2) is 0 Å². The van der Waals surface area contributed by atoms with Gasteiger partial charge in [-0.3, -0.25) is 0 Å². The van der Waals surface area contributed by atoms with Gasteiger partial charge in [0.05, 0.1) is 6.10 Å². The van der Waals surface area contributed by atoms with Crippen molar-refractivity contribution in [3.05, 3.63) is 36.2 Å². The maximum Gasteiger partial charge on any atom is 0.123 e. The summed E-state index contributed by atoms with van der Waals surface area (Å²) >= 11 is 0. The highest BCUT2D eigenvalue weighted by molar-refractivity contribution is 5.40. The molecule has 1 atom stereocenters. The van der Waals surface area contributed by atoms with Crippen LogP contribution in [0.2, 0.25) is 0 Å². The van der Waals surface area contributed by atoms with E-state index in [4.69, 9.17) is 4.74 Å². The van der Waals surface area contributed by atoms with Gasteiger partial charge in [-0.2, -0.15) is 0 Å². The molecule has 1 aromatic rings. The smallest absolute Gasteiger partial charge is 0.123 e. The average molecular weight is 161 g/mol. The molecule has 63 valence electrons. The molecule has 1 heterocycles. The zero-order valence-electron chi connectivity index (χ0n) is 7.29. The predicted octanol–water partition coefficient (Wildman–Crippen LogP) is 2.80. The number of fused-ring (bicyclic) bond motifs is 1. The molecule has 1 heteroatoms. The molecule has 1 aromatic carbocycles. The molecule has 1 aliphatic rings. The van der Waals surface area contributed by atoms with Crippen LogP contribution in [0.5, 0.6) is 5.75 Å². The molecule has 1 radical (unpaired) electrons. The first-order valence-electron chi connectivity index (χ1n) is 4.49. The van der Waals surface area contributed by atoms with Crippen LogP contribution >= 0.6 is 0 Å². The second-order valence-electron chi connectivity index (χ2n) is 3.13. The summed E-state index contributed by atoms with van der Waals surface area (Å²) in [5.41, 5.74) is 1.24. The molecule has 12 heavy (non-hydrogen) atoms. The van der Waals surface area contributed by atoms with Gasteiger partial charge in [0.2, 0.25) is 0 Å². The van der Waals surface area contributed by atoms with Gasteiger partial charge < -0.3 is 4.74 Å². The van der Waals surface area contributed by atoms with E-state index >= 15 is 0 Å². The topological polar surface area (TPSA) is 9.23 Å². The Hall–Kier alpha value is -0.980. The summed E-state index contributed by atoms with van der Waals surface area (Å²) in [5, 5.41) is 0. The second-order valence-corrected chi connectivity index (χ2v) is 3.13. The molecule has 1 aliphatic heterocycles. The summed E-state index contributed by atoms with van der Waals surface area (Å²) in [6.45, 7) is 2.16. The molecule has 2 rings (SSSR count). The van der Waals surface area contributed by atoms with Crippen LogP contribution in [0.3, 0.4) is 0 Å². The van der Waals surface area contributed by atoms with Crippen LogP contribution in [0.4, 0.5) is 0 Å². The van der Waals surface area contributed by atoms with E-state index in [0.29, 0.717) is 6.10 Å². The van der Waals surface area contributed by atoms with Crippen LogP contribution in [0.25, 0.3) is 0 Å². The van der Waals surface area contributed by atoms with Gasteiger partial charge in [0.15, 0.2) is 0 Å². The molecule has 0 amide bonds. The lowest BCUT2D eigenvalue weighted by Crippen LogP contribution is -2.20. The summed E-state index contributed by atoms with van der Waals surface area (Å²) in [4.78, 5) is 0. The van der Waals surface area contributed by atoms with Gasteiger partial charge >= 0.3 is 0 Å². The Morgan fingerprint density at radius 3 is 3.08 bits per heavy atom. The molecule has 0 bridgehead atoms. The Labute approximate surface area is 73.4 Å². The molecule has 1 nitrogen and oxygen atoms in total. The van der Waals surface area contributed by atoms with Crippen molar-refractivity contribution in [3.8, 4) is 5.75 Å². The lowest BCUT2D eigenvalue weighted by Gasteiger charge is -2.24. The van der Waals surface area contributed by atoms with Gasteiger partial charge in [-0.15, -0.1) is 0 Å². The molecule has 0 fully saturated rings. The van der Waals surface area contributed by atoms with Gasteiger partial charge in [0, 0.05) is 0 Å². The second kappa shape index (κ2) is 3.18. The number of hydrogen-bond donors (Lipinski definition) is 0. The Balaban J connectivity index is 2.23. The number of benzene rings is 1. The van der Waals surface area contributed by atoms with Gasteiger partial charge in [-0.05, 0) is 30.9 Å². The van der Waals surface area contributed by atoms with E-state index in [2.05, 4.69) is 19.4 Å². The van der Waals surface area contributed by atoms with Crippen molar-refractivity contribution in [1.82, 2.24) is 0 Å². The molecule has 0 aromatic heterocycles. The SMILES string of the molecule is CCC1C[CH]c2ccccc2O1. The van der Waals surface area contributed by atoms with Crippen molar-refractivity contribution >= 4 is 0 Å². The zero-order valence-corrected chi connectivity index (χ0v) is 7.29. The Bertz CT molecular complexity index is 267. The molecule has 0 aliphatic carbocycles. The van der Waals surface area contributed by atoms with E-state index in [1.165, 1.54) is 5.56 Å². The fourth-order valence-corrected chi connectivity index (χ4v) is 1.49. The van der Waals surface area contributed by atoms with Crippen LogP contribution in [0, 0.1) is 6.42 Å². The first-order valence-corrected chi connectivity index (χ1v) is 4.49. The van der Waals surface area contributed by atoms with E-state index < -0.39 is 0 Å². The van der Waals surface area contributed by atoms with Gasteiger partial charge in [0.1, 0.15) is 5.75 Å². The maximum absolute atomic E-state index is 5.75. The third-order valence-electron chi connectivity index (χ3n) is 2.27. The highest BCUT2D eigenvalue weighted by Crippen LogP contribution is 2.29. The first-order chi connectivity index (χ1) is 5.90. The lowest BCUT2D eigenvalue weighted by molar-refractivity contribution is 0.185. The highest BCUT2D eigenvalue weighted by atomic mass is 16.5. The van der Waals surface area contributed by atoms with E-state index in [-0.39, 0.29) is 0 Å². The van der Waals surface area contributed by atoms with E-state index in [1.807, 2.05) is 18.2 Å². The van der Waals surface area contributed by atoms with Crippen molar-refractivity contribution in [2.75, 3.05) is 0 Å². The standard InChI is InChI=1S/C11H13O/c1-2-10-8-7-9-5-3-4-6-11(9)12-10/h3-7,10H,2,8H2,1H3. The fraction of sp³-hybridized carbons (Fsp3) is 0.364. The monoisotopic (exact) mass is 161 g/mol. The number of ether oxygens (including phenoxy) is 1. The molecule has 0 saturated heterocycles. The summed E-state index contributed by atoms with van der Waals surface area (Å²) in [7, 11) is 0. The van der Waals surface area contributed by atoms with Crippen LogP contribution < -0.4 is 4.74 Å². The van der Waals surface area contributed by atoms with Crippen LogP contribution in [-0.2, 0) is 0 Å². The normalized spacial score (nSPS) is 21.2. The summed E-state index contributed by atoms with van der Waals surface area (Å²) in [5.74, 6) is 1.04. The number of para-hydroxylation sites is 1. The van der Waals surface area contributed by atoms with Crippen LogP contribution in [-0.4, -0.2) is 6.10 Å². The van der Waals surface area contributed by atoms with E-state index in [9.17, 15) is 0 Å². The lowest BCUT2D eigenvalue weighted by atomic mass is 10.0. The summed E-state index contributed by atoms with van der Waals surface area (Å²) < 4.78 is 5.75. The van der Waals surface area contributed by atoms with Crippen molar-refractivity contribution in [1.29, 1.82) is 0 Å². The van der Waals surface area contributed by atoms with Crippen molar-refractivity contribution in [2.45, 2.75) is 25.9 Å². The summed E-state index contributed by atoms with van der Waals surface area (Å²) in [6, 6.07) is 8.20. The maximum atomic E-state index is 5.75. The fourth-order valence-electron chi connectivity index (χ4n) is 1.49. The minimum Gasteiger partial charge on any atom is -0.490 e. The largest absolute Gasteiger partial charge is 0.490 e. The van der Waals surface area contributed by atoms with E-state index in [0.717, 1.165) is 18.6 Å². The first kappa shape index (κ1) is 7.66.